The standard InChI is InChI=1S/C13H20ClN3O2/c1-3-17(6-7-19-2)9-13(18)16-12-8-10(15)4-5-11(12)14/h4-5,8H,3,6-7,9,15H2,1-2H3,(H,16,18). The third-order valence-electron chi connectivity index (χ3n) is 2.69. The Labute approximate surface area is 118 Å². The minimum atomic E-state index is -0.120. The van der Waals surface area contributed by atoms with Crippen LogP contribution in [0.15, 0.2) is 18.2 Å². The molecule has 0 aliphatic carbocycles. The summed E-state index contributed by atoms with van der Waals surface area (Å²) in [7, 11) is 1.64. The molecule has 106 valence electrons. The minimum absolute atomic E-state index is 0.120. The van der Waals surface area contributed by atoms with Gasteiger partial charge in [-0.1, -0.05) is 18.5 Å². The molecule has 0 atom stereocenters. The number of nitrogen functional groups attached to an aromatic ring is 1. The van der Waals surface area contributed by atoms with Crippen molar-refractivity contribution in [1.82, 2.24) is 4.90 Å². The molecule has 0 aliphatic heterocycles. The van der Waals surface area contributed by atoms with Gasteiger partial charge in [0.2, 0.25) is 5.91 Å². The number of hydrogen-bond acceptors (Lipinski definition) is 4. The van der Waals surface area contributed by atoms with Gasteiger partial charge >= 0.3 is 0 Å². The third kappa shape index (κ3) is 5.46. The van der Waals surface area contributed by atoms with Crippen LogP contribution in [-0.2, 0) is 9.53 Å². The predicted molar refractivity (Wildman–Crippen MR) is 78.5 cm³/mol. The maximum absolute atomic E-state index is 11.9. The number of rotatable bonds is 7. The minimum Gasteiger partial charge on any atom is -0.399 e. The highest BCUT2D eigenvalue weighted by Crippen LogP contribution is 2.23. The summed E-state index contributed by atoms with van der Waals surface area (Å²) >= 11 is 5.99. The molecule has 0 radical (unpaired) electrons. The number of carbonyl (C=O) groups excluding carboxylic acids is 1. The fraction of sp³-hybridized carbons (Fsp3) is 0.462. The maximum atomic E-state index is 11.9. The summed E-state index contributed by atoms with van der Waals surface area (Å²) in [5.74, 6) is -0.120. The van der Waals surface area contributed by atoms with Gasteiger partial charge < -0.3 is 15.8 Å². The van der Waals surface area contributed by atoms with Crippen molar-refractivity contribution in [2.45, 2.75) is 6.92 Å². The van der Waals surface area contributed by atoms with Crippen LogP contribution in [0.3, 0.4) is 0 Å². The van der Waals surface area contributed by atoms with Gasteiger partial charge in [-0.3, -0.25) is 9.69 Å². The number of nitrogens with two attached hydrogens (primary N) is 1. The lowest BCUT2D eigenvalue weighted by Gasteiger charge is -2.19. The van der Waals surface area contributed by atoms with Crippen LogP contribution in [0.25, 0.3) is 0 Å². The van der Waals surface area contributed by atoms with Gasteiger partial charge in [0.15, 0.2) is 0 Å². The van der Waals surface area contributed by atoms with E-state index in [1.54, 1.807) is 25.3 Å². The van der Waals surface area contributed by atoms with E-state index >= 15 is 0 Å². The Morgan fingerprint density at radius 2 is 2.26 bits per heavy atom. The van der Waals surface area contributed by atoms with E-state index in [4.69, 9.17) is 22.1 Å². The van der Waals surface area contributed by atoms with E-state index in [1.807, 2.05) is 11.8 Å². The van der Waals surface area contributed by atoms with Gasteiger partial charge in [0, 0.05) is 19.3 Å². The molecule has 0 heterocycles. The number of halogens is 1. The van der Waals surface area contributed by atoms with Crippen LogP contribution >= 0.6 is 11.6 Å². The molecule has 0 aromatic heterocycles. The van der Waals surface area contributed by atoms with Crippen LogP contribution in [0.1, 0.15) is 6.92 Å². The molecule has 19 heavy (non-hydrogen) atoms. The second kappa shape index (κ2) is 7.99. The van der Waals surface area contributed by atoms with Crippen molar-refractivity contribution in [2.24, 2.45) is 0 Å². The molecule has 0 spiro atoms. The van der Waals surface area contributed by atoms with E-state index in [0.717, 1.165) is 6.54 Å². The first kappa shape index (κ1) is 15.8. The Balaban J connectivity index is 2.56. The number of amides is 1. The third-order valence-corrected chi connectivity index (χ3v) is 3.02. The second-order valence-electron chi connectivity index (χ2n) is 4.15. The number of carbonyl (C=O) groups is 1. The molecule has 0 saturated carbocycles. The number of hydrogen-bond donors (Lipinski definition) is 2. The molecule has 0 fully saturated rings. The number of benzene rings is 1. The average Bonchev–Trinajstić information content (AvgIpc) is 2.38. The van der Waals surface area contributed by atoms with Crippen LogP contribution in [0.2, 0.25) is 5.02 Å². The Morgan fingerprint density at radius 1 is 1.53 bits per heavy atom. The number of nitrogens with one attached hydrogen (secondary N) is 1. The highest BCUT2D eigenvalue weighted by atomic mass is 35.5. The summed E-state index contributed by atoms with van der Waals surface area (Å²) in [5.41, 5.74) is 6.76. The molecule has 1 rings (SSSR count). The van der Waals surface area contributed by atoms with Crippen molar-refractivity contribution >= 4 is 28.9 Å². The first-order valence-electron chi connectivity index (χ1n) is 6.13. The van der Waals surface area contributed by atoms with Crippen molar-refractivity contribution in [3.8, 4) is 0 Å². The highest BCUT2D eigenvalue weighted by Gasteiger charge is 2.10. The quantitative estimate of drug-likeness (QED) is 0.750. The zero-order valence-electron chi connectivity index (χ0n) is 11.3. The fourth-order valence-electron chi connectivity index (χ4n) is 1.60. The van der Waals surface area contributed by atoms with Crippen molar-refractivity contribution in [3.05, 3.63) is 23.2 Å². The summed E-state index contributed by atoms with van der Waals surface area (Å²) in [4.78, 5) is 13.9. The first-order chi connectivity index (χ1) is 9.06. The molecule has 6 heteroatoms. The Bertz CT molecular complexity index is 426. The van der Waals surface area contributed by atoms with Gasteiger partial charge in [-0.25, -0.2) is 0 Å². The Kier molecular flexibility index (Phi) is 6.62. The van der Waals surface area contributed by atoms with Crippen molar-refractivity contribution in [3.63, 3.8) is 0 Å². The summed E-state index contributed by atoms with van der Waals surface area (Å²) in [6, 6.07) is 5.00. The van der Waals surface area contributed by atoms with Crippen molar-refractivity contribution in [2.75, 3.05) is 44.4 Å². The lowest BCUT2D eigenvalue weighted by molar-refractivity contribution is -0.117. The smallest absolute Gasteiger partial charge is 0.238 e. The van der Waals surface area contributed by atoms with Gasteiger partial charge in [-0.05, 0) is 24.7 Å². The molecule has 0 unspecified atom stereocenters. The molecule has 0 aliphatic rings. The van der Waals surface area contributed by atoms with Crippen molar-refractivity contribution < 1.29 is 9.53 Å². The van der Waals surface area contributed by atoms with Gasteiger partial charge in [0.05, 0.1) is 23.9 Å². The van der Waals surface area contributed by atoms with Crippen LogP contribution in [-0.4, -0.2) is 44.2 Å². The monoisotopic (exact) mass is 285 g/mol. The van der Waals surface area contributed by atoms with Gasteiger partial charge in [0.25, 0.3) is 0 Å². The van der Waals surface area contributed by atoms with E-state index in [9.17, 15) is 4.79 Å². The molecular weight excluding hydrogens is 266 g/mol. The van der Waals surface area contributed by atoms with Crippen LogP contribution in [0, 0.1) is 0 Å². The summed E-state index contributed by atoms with van der Waals surface area (Å²) < 4.78 is 5.00. The number of likely N-dealkylation sites (N-methyl/N-ethyl adjacent to an activating group) is 1. The molecular formula is C13H20ClN3O2. The van der Waals surface area contributed by atoms with E-state index in [-0.39, 0.29) is 5.91 Å². The zero-order chi connectivity index (χ0) is 14.3. The Hall–Kier alpha value is -1.30. The van der Waals surface area contributed by atoms with E-state index in [2.05, 4.69) is 5.32 Å². The fourth-order valence-corrected chi connectivity index (χ4v) is 1.77. The summed E-state index contributed by atoms with van der Waals surface area (Å²) in [5, 5.41) is 3.23. The molecule has 0 bridgehead atoms. The first-order valence-corrected chi connectivity index (χ1v) is 6.50. The number of nitrogens with zero attached hydrogens (tertiary/aromatic N) is 1. The number of methoxy groups -OCH3 is 1. The topological polar surface area (TPSA) is 67.6 Å². The largest absolute Gasteiger partial charge is 0.399 e. The van der Waals surface area contributed by atoms with E-state index in [1.165, 1.54) is 0 Å². The van der Waals surface area contributed by atoms with Crippen LogP contribution < -0.4 is 11.1 Å². The Morgan fingerprint density at radius 3 is 2.89 bits per heavy atom. The van der Waals surface area contributed by atoms with Crippen LogP contribution in [0.4, 0.5) is 11.4 Å². The normalized spacial score (nSPS) is 10.7. The maximum Gasteiger partial charge on any atom is 0.238 e. The molecule has 3 N–H and O–H groups in total. The molecule has 1 aromatic carbocycles. The average molecular weight is 286 g/mol. The SMILES string of the molecule is CCN(CCOC)CC(=O)Nc1cc(N)ccc1Cl. The summed E-state index contributed by atoms with van der Waals surface area (Å²) in [6.45, 7) is 4.38. The molecule has 5 nitrogen and oxygen atoms in total. The molecule has 1 amide bonds. The number of anilines is 2. The molecule has 1 aromatic rings. The van der Waals surface area contributed by atoms with Crippen molar-refractivity contribution in [1.29, 1.82) is 0 Å². The number of ether oxygens (including phenoxy) is 1. The lowest BCUT2D eigenvalue weighted by Crippen LogP contribution is -2.35. The lowest BCUT2D eigenvalue weighted by atomic mass is 10.3. The summed E-state index contributed by atoms with van der Waals surface area (Å²) in [6.07, 6.45) is 0. The highest BCUT2D eigenvalue weighted by molar-refractivity contribution is 6.33. The second-order valence-corrected chi connectivity index (χ2v) is 4.56. The van der Waals surface area contributed by atoms with E-state index < -0.39 is 0 Å². The van der Waals surface area contributed by atoms with Gasteiger partial charge in [-0.2, -0.15) is 0 Å². The zero-order valence-corrected chi connectivity index (χ0v) is 12.0. The van der Waals surface area contributed by atoms with Crippen LogP contribution in [0.5, 0.6) is 0 Å². The van der Waals surface area contributed by atoms with Gasteiger partial charge in [-0.15, -0.1) is 0 Å². The molecule has 0 saturated heterocycles. The van der Waals surface area contributed by atoms with E-state index in [0.29, 0.717) is 36.1 Å². The predicted octanol–water partition coefficient (Wildman–Crippen LogP) is 1.83. The van der Waals surface area contributed by atoms with Gasteiger partial charge in [0.1, 0.15) is 0 Å².